The molecule has 2 rings (SSSR count). The lowest BCUT2D eigenvalue weighted by atomic mass is 10.0. The van der Waals surface area contributed by atoms with Gasteiger partial charge in [-0.2, -0.15) is 0 Å². The minimum absolute atomic E-state index is 0.107. The van der Waals surface area contributed by atoms with E-state index in [1.807, 2.05) is 44.2 Å². The fourth-order valence-corrected chi connectivity index (χ4v) is 3.54. The quantitative estimate of drug-likeness (QED) is 0.441. The number of carbonyl (C=O) groups is 4. The summed E-state index contributed by atoms with van der Waals surface area (Å²) in [5.41, 5.74) is 6.76. The first-order valence-corrected chi connectivity index (χ1v) is 10.5. The number of carbonyl (C=O) groups excluding carboxylic acids is 3. The molecule has 3 amide bonds. The molecular formula is C22H32N4O5. The summed E-state index contributed by atoms with van der Waals surface area (Å²) in [6, 6.07) is 5.68. The molecule has 1 fully saturated rings. The Morgan fingerprint density at radius 2 is 1.74 bits per heavy atom. The van der Waals surface area contributed by atoms with Crippen molar-refractivity contribution < 1.29 is 24.3 Å². The van der Waals surface area contributed by atoms with Crippen LogP contribution < -0.4 is 16.4 Å². The monoisotopic (exact) mass is 432 g/mol. The van der Waals surface area contributed by atoms with Crippen LogP contribution >= 0.6 is 0 Å². The van der Waals surface area contributed by atoms with Gasteiger partial charge in [-0.05, 0) is 31.2 Å². The fraction of sp³-hybridized carbons (Fsp3) is 0.545. The van der Waals surface area contributed by atoms with Gasteiger partial charge in [0.05, 0.1) is 6.04 Å². The molecule has 170 valence electrons. The van der Waals surface area contributed by atoms with Crippen molar-refractivity contribution in [2.75, 3.05) is 6.54 Å². The second-order valence-electron chi connectivity index (χ2n) is 8.28. The van der Waals surface area contributed by atoms with E-state index in [1.165, 1.54) is 11.8 Å². The van der Waals surface area contributed by atoms with Crippen LogP contribution in [0.5, 0.6) is 0 Å². The van der Waals surface area contributed by atoms with E-state index >= 15 is 0 Å². The summed E-state index contributed by atoms with van der Waals surface area (Å²) < 4.78 is 0. The SMILES string of the molecule is CC(NC(=O)C(Cc1ccccc1)NC(=O)C(N)C(C)C)C(=O)N1CCCC1C(=O)O. The summed E-state index contributed by atoms with van der Waals surface area (Å²) in [7, 11) is 0. The van der Waals surface area contributed by atoms with Crippen molar-refractivity contribution in [3.05, 3.63) is 35.9 Å². The van der Waals surface area contributed by atoms with Crippen LogP contribution in [-0.2, 0) is 25.6 Å². The number of hydrogen-bond donors (Lipinski definition) is 4. The van der Waals surface area contributed by atoms with E-state index in [9.17, 15) is 24.3 Å². The summed E-state index contributed by atoms with van der Waals surface area (Å²) in [5, 5.41) is 14.6. The van der Waals surface area contributed by atoms with Crippen molar-refractivity contribution in [2.24, 2.45) is 11.7 Å². The smallest absolute Gasteiger partial charge is 0.326 e. The van der Waals surface area contributed by atoms with Gasteiger partial charge in [0, 0.05) is 13.0 Å². The largest absolute Gasteiger partial charge is 0.480 e. The van der Waals surface area contributed by atoms with Crippen LogP contribution in [0.15, 0.2) is 30.3 Å². The molecule has 1 aromatic rings. The van der Waals surface area contributed by atoms with E-state index in [1.54, 1.807) is 0 Å². The number of benzene rings is 1. The fourth-order valence-electron chi connectivity index (χ4n) is 3.54. The molecule has 4 atom stereocenters. The van der Waals surface area contributed by atoms with Gasteiger partial charge in [-0.25, -0.2) is 4.79 Å². The number of aliphatic carboxylic acids is 1. The Balaban J connectivity index is 2.11. The van der Waals surface area contributed by atoms with Crippen LogP contribution in [0.3, 0.4) is 0 Å². The Labute approximate surface area is 182 Å². The molecule has 5 N–H and O–H groups in total. The first-order valence-electron chi connectivity index (χ1n) is 10.5. The average molecular weight is 433 g/mol. The predicted octanol–water partition coefficient (Wildman–Crippen LogP) is 0.278. The minimum atomic E-state index is -1.05. The van der Waals surface area contributed by atoms with E-state index in [4.69, 9.17) is 5.73 Å². The third-order valence-electron chi connectivity index (χ3n) is 5.49. The first-order chi connectivity index (χ1) is 14.6. The number of nitrogens with two attached hydrogens (primary N) is 1. The van der Waals surface area contributed by atoms with Gasteiger partial charge < -0.3 is 26.4 Å². The Hall–Kier alpha value is -2.94. The lowest BCUT2D eigenvalue weighted by molar-refractivity contribution is -0.149. The third-order valence-corrected chi connectivity index (χ3v) is 5.49. The second kappa shape index (κ2) is 10.9. The maximum atomic E-state index is 13.0. The Bertz CT molecular complexity index is 798. The molecule has 0 radical (unpaired) electrons. The van der Waals surface area contributed by atoms with Gasteiger partial charge in [0.25, 0.3) is 0 Å². The highest BCUT2D eigenvalue weighted by Crippen LogP contribution is 2.18. The number of carboxylic acid groups (broad SMARTS) is 1. The number of nitrogens with zero attached hydrogens (tertiary/aromatic N) is 1. The zero-order valence-corrected chi connectivity index (χ0v) is 18.2. The molecule has 9 heteroatoms. The maximum absolute atomic E-state index is 13.0. The van der Waals surface area contributed by atoms with Gasteiger partial charge in [-0.1, -0.05) is 44.2 Å². The predicted molar refractivity (Wildman–Crippen MR) is 115 cm³/mol. The lowest BCUT2D eigenvalue weighted by Crippen LogP contribution is -2.57. The van der Waals surface area contributed by atoms with Gasteiger partial charge in [0.15, 0.2) is 0 Å². The van der Waals surface area contributed by atoms with E-state index < -0.39 is 47.9 Å². The molecule has 0 saturated carbocycles. The number of hydrogen-bond acceptors (Lipinski definition) is 5. The first kappa shape index (κ1) is 24.3. The van der Waals surface area contributed by atoms with Crippen LogP contribution in [0.2, 0.25) is 0 Å². The maximum Gasteiger partial charge on any atom is 0.326 e. The molecule has 1 aliphatic rings. The van der Waals surface area contributed by atoms with E-state index in [0.29, 0.717) is 19.4 Å². The minimum Gasteiger partial charge on any atom is -0.480 e. The van der Waals surface area contributed by atoms with Crippen molar-refractivity contribution in [1.82, 2.24) is 15.5 Å². The van der Waals surface area contributed by atoms with Gasteiger partial charge in [0.2, 0.25) is 17.7 Å². The molecule has 31 heavy (non-hydrogen) atoms. The lowest BCUT2D eigenvalue weighted by Gasteiger charge is -2.27. The van der Waals surface area contributed by atoms with E-state index in [-0.39, 0.29) is 12.3 Å². The van der Waals surface area contributed by atoms with Gasteiger partial charge in [-0.3, -0.25) is 14.4 Å². The van der Waals surface area contributed by atoms with Gasteiger partial charge >= 0.3 is 5.97 Å². The highest BCUT2D eigenvalue weighted by atomic mass is 16.4. The zero-order chi connectivity index (χ0) is 23.1. The number of carboxylic acids is 1. The molecule has 1 heterocycles. The number of likely N-dealkylation sites (tertiary alicyclic amines) is 1. The highest BCUT2D eigenvalue weighted by Gasteiger charge is 2.37. The van der Waals surface area contributed by atoms with Crippen LogP contribution in [-0.4, -0.2) is 64.4 Å². The number of nitrogens with one attached hydrogen (secondary N) is 2. The Morgan fingerprint density at radius 3 is 2.32 bits per heavy atom. The summed E-state index contributed by atoms with van der Waals surface area (Å²) in [6.07, 6.45) is 1.22. The Kier molecular flexibility index (Phi) is 8.56. The summed E-state index contributed by atoms with van der Waals surface area (Å²) in [4.78, 5) is 50.8. The Morgan fingerprint density at radius 1 is 1.10 bits per heavy atom. The summed E-state index contributed by atoms with van der Waals surface area (Å²) in [6.45, 7) is 5.47. The van der Waals surface area contributed by atoms with Crippen LogP contribution in [0, 0.1) is 5.92 Å². The molecule has 0 aromatic heterocycles. The molecule has 9 nitrogen and oxygen atoms in total. The molecule has 1 aromatic carbocycles. The van der Waals surface area contributed by atoms with Crippen LogP contribution in [0.4, 0.5) is 0 Å². The zero-order valence-electron chi connectivity index (χ0n) is 18.2. The van der Waals surface area contributed by atoms with Crippen molar-refractivity contribution in [3.63, 3.8) is 0 Å². The molecule has 0 spiro atoms. The van der Waals surface area contributed by atoms with Crippen molar-refractivity contribution in [1.29, 1.82) is 0 Å². The van der Waals surface area contributed by atoms with Crippen molar-refractivity contribution in [3.8, 4) is 0 Å². The van der Waals surface area contributed by atoms with E-state index in [0.717, 1.165) is 5.56 Å². The summed E-state index contributed by atoms with van der Waals surface area (Å²) in [5.74, 6) is -2.59. The molecule has 1 aliphatic heterocycles. The highest BCUT2D eigenvalue weighted by molar-refractivity contribution is 5.94. The van der Waals surface area contributed by atoms with Crippen molar-refractivity contribution >= 4 is 23.7 Å². The molecule has 1 saturated heterocycles. The average Bonchev–Trinajstić information content (AvgIpc) is 3.22. The standard InChI is InChI=1S/C22H32N4O5/c1-13(2)18(23)20(28)25-16(12-15-8-5-4-6-9-15)19(27)24-14(3)21(29)26-11-7-10-17(26)22(30)31/h4-6,8-9,13-14,16-18H,7,10-12,23H2,1-3H3,(H,24,27)(H,25,28)(H,30,31). The number of rotatable bonds is 9. The van der Waals surface area contributed by atoms with Gasteiger partial charge in [-0.15, -0.1) is 0 Å². The molecule has 4 unspecified atom stereocenters. The number of amides is 3. The molecule has 0 aliphatic carbocycles. The van der Waals surface area contributed by atoms with Crippen LogP contribution in [0.1, 0.15) is 39.2 Å². The molecular weight excluding hydrogens is 400 g/mol. The second-order valence-corrected chi connectivity index (χ2v) is 8.28. The summed E-state index contributed by atoms with van der Waals surface area (Å²) >= 11 is 0. The van der Waals surface area contributed by atoms with E-state index in [2.05, 4.69) is 10.6 Å². The van der Waals surface area contributed by atoms with Crippen LogP contribution in [0.25, 0.3) is 0 Å². The molecule has 0 bridgehead atoms. The third kappa shape index (κ3) is 6.52. The topological polar surface area (TPSA) is 142 Å². The van der Waals surface area contributed by atoms with Crippen molar-refractivity contribution in [2.45, 2.75) is 64.2 Å². The van der Waals surface area contributed by atoms with Gasteiger partial charge in [0.1, 0.15) is 18.1 Å². The normalized spacial score (nSPS) is 18.9.